The molecule has 0 saturated heterocycles. The second kappa shape index (κ2) is 7.93. The van der Waals surface area contributed by atoms with Gasteiger partial charge in [-0.15, -0.1) is 0 Å². The number of methoxy groups -OCH3 is 1. The van der Waals surface area contributed by atoms with Crippen molar-refractivity contribution in [2.24, 2.45) is 0 Å². The van der Waals surface area contributed by atoms with E-state index in [4.69, 9.17) is 14.0 Å². The van der Waals surface area contributed by atoms with Crippen molar-refractivity contribution in [3.8, 4) is 0 Å². The van der Waals surface area contributed by atoms with E-state index in [1.54, 1.807) is 14.0 Å². The lowest BCUT2D eigenvalue weighted by molar-refractivity contribution is -0.143. The number of esters is 1. The third kappa shape index (κ3) is 3.85. The fraction of sp³-hybridized carbons (Fsp3) is 0.667. The Bertz CT molecular complexity index is 526. The van der Waals surface area contributed by atoms with Crippen LogP contribution in [0.2, 0.25) is 0 Å². The van der Waals surface area contributed by atoms with Gasteiger partial charge in [0.1, 0.15) is 12.3 Å². The molecule has 7 nitrogen and oxygen atoms in total. The number of fused-ring (bicyclic) bond motifs is 1. The van der Waals surface area contributed by atoms with Gasteiger partial charge in [0, 0.05) is 25.6 Å². The minimum atomic E-state index is -0.440. The number of nitrogens with zero attached hydrogens (tertiary/aromatic N) is 2. The van der Waals surface area contributed by atoms with Gasteiger partial charge in [0.15, 0.2) is 5.69 Å². The molecule has 0 fully saturated rings. The zero-order valence-corrected chi connectivity index (χ0v) is 13.1. The number of rotatable bonds is 7. The monoisotopic (exact) mass is 310 g/mol. The first-order valence-electron chi connectivity index (χ1n) is 7.58. The molecule has 0 atom stereocenters. The van der Waals surface area contributed by atoms with Crippen LogP contribution in [0.25, 0.3) is 0 Å². The molecule has 0 aliphatic heterocycles. The Balaban J connectivity index is 2.13. The Kier molecular flexibility index (Phi) is 5.94. The highest BCUT2D eigenvalue weighted by Crippen LogP contribution is 2.25. The van der Waals surface area contributed by atoms with Crippen LogP contribution in [-0.4, -0.2) is 55.3 Å². The van der Waals surface area contributed by atoms with Gasteiger partial charge in [-0.3, -0.25) is 9.59 Å². The van der Waals surface area contributed by atoms with Crippen LogP contribution in [0.1, 0.15) is 41.6 Å². The smallest absolute Gasteiger partial charge is 0.325 e. The Morgan fingerprint density at radius 1 is 1.32 bits per heavy atom. The van der Waals surface area contributed by atoms with Crippen molar-refractivity contribution >= 4 is 11.9 Å². The van der Waals surface area contributed by atoms with Gasteiger partial charge in [0.25, 0.3) is 5.91 Å². The molecule has 0 N–H and O–H groups in total. The van der Waals surface area contributed by atoms with E-state index < -0.39 is 5.97 Å². The van der Waals surface area contributed by atoms with Gasteiger partial charge in [-0.1, -0.05) is 5.16 Å². The number of hydrogen-bond acceptors (Lipinski definition) is 6. The first-order chi connectivity index (χ1) is 10.7. The van der Waals surface area contributed by atoms with E-state index in [-0.39, 0.29) is 19.1 Å². The average Bonchev–Trinajstić information content (AvgIpc) is 2.95. The van der Waals surface area contributed by atoms with Crippen LogP contribution in [0.4, 0.5) is 0 Å². The molecule has 1 aromatic heterocycles. The van der Waals surface area contributed by atoms with Crippen LogP contribution >= 0.6 is 0 Å². The van der Waals surface area contributed by atoms with Gasteiger partial charge in [-0.25, -0.2) is 0 Å². The second-order valence-electron chi connectivity index (χ2n) is 5.16. The molecule has 1 aliphatic carbocycles. The number of aromatic nitrogens is 1. The SMILES string of the molecule is CCOC(=O)CN(CCOC)C(=O)c1noc2c1CCCC2. The summed E-state index contributed by atoms with van der Waals surface area (Å²) in [5.74, 6) is 0.0405. The molecule has 1 aliphatic rings. The molecule has 0 unspecified atom stereocenters. The normalized spacial score (nSPS) is 13.5. The number of aryl methyl sites for hydroxylation is 1. The minimum Gasteiger partial charge on any atom is -0.465 e. The summed E-state index contributed by atoms with van der Waals surface area (Å²) >= 11 is 0. The van der Waals surface area contributed by atoms with E-state index in [1.165, 1.54) is 4.90 Å². The van der Waals surface area contributed by atoms with Gasteiger partial charge < -0.3 is 18.9 Å². The Morgan fingerprint density at radius 2 is 2.09 bits per heavy atom. The van der Waals surface area contributed by atoms with Gasteiger partial charge in [-0.2, -0.15) is 0 Å². The average molecular weight is 310 g/mol. The Hall–Kier alpha value is -1.89. The molecule has 0 radical (unpaired) electrons. The molecule has 0 spiro atoms. The molecule has 1 amide bonds. The van der Waals surface area contributed by atoms with E-state index in [0.29, 0.717) is 18.8 Å². The molecule has 122 valence electrons. The van der Waals surface area contributed by atoms with Crippen LogP contribution in [-0.2, 0) is 27.1 Å². The van der Waals surface area contributed by atoms with E-state index >= 15 is 0 Å². The quantitative estimate of drug-likeness (QED) is 0.704. The zero-order valence-electron chi connectivity index (χ0n) is 13.1. The Morgan fingerprint density at radius 3 is 2.82 bits per heavy atom. The summed E-state index contributed by atoms with van der Waals surface area (Å²) in [6.45, 7) is 2.54. The van der Waals surface area contributed by atoms with Crippen molar-refractivity contribution < 1.29 is 23.6 Å². The van der Waals surface area contributed by atoms with Crippen molar-refractivity contribution in [1.82, 2.24) is 10.1 Å². The maximum absolute atomic E-state index is 12.7. The summed E-state index contributed by atoms with van der Waals surface area (Å²) in [7, 11) is 1.55. The summed E-state index contributed by atoms with van der Waals surface area (Å²) in [5.41, 5.74) is 1.19. The molecule has 22 heavy (non-hydrogen) atoms. The predicted molar refractivity (Wildman–Crippen MR) is 77.6 cm³/mol. The van der Waals surface area contributed by atoms with Crippen LogP contribution in [0.15, 0.2) is 4.52 Å². The van der Waals surface area contributed by atoms with Gasteiger partial charge in [-0.05, 0) is 26.2 Å². The molecule has 0 saturated carbocycles. The highest BCUT2D eigenvalue weighted by molar-refractivity contribution is 5.95. The minimum absolute atomic E-state index is 0.113. The van der Waals surface area contributed by atoms with E-state index in [0.717, 1.165) is 37.0 Å². The summed E-state index contributed by atoms with van der Waals surface area (Å²) in [4.78, 5) is 25.7. The largest absolute Gasteiger partial charge is 0.465 e. The molecular weight excluding hydrogens is 288 g/mol. The van der Waals surface area contributed by atoms with Crippen molar-refractivity contribution in [3.63, 3.8) is 0 Å². The second-order valence-corrected chi connectivity index (χ2v) is 5.16. The molecule has 2 rings (SSSR count). The lowest BCUT2D eigenvalue weighted by Gasteiger charge is -2.21. The fourth-order valence-corrected chi connectivity index (χ4v) is 2.52. The summed E-state index contributed by atoms with van der Waals surface area (Å²) in [6.07, 6.45) is 3.67. The first-order valence-corrected chi connectivity index (χ1v) is 7.58. The summed E-state index contributed by atoms with van der Waals surface area (Å²) < 4.78 is 15.2. The predicted octanol–water partition coefficient (Wildman–Crippen LogP) is 1.21. The highest BCUT2D eigenvalue weighted by Gasteiger charge is 2.28. The molecular formula is C15H22N2O5. The summed E-state index contributed by atoms with van der Waals surface area (Å²) in [6, 6.07) is 0. The van der Waals surface area contributed by atoms with Crippen molar-refractivity contribution in [1.29, 1.82) is 0 Å². The molecule has 0 bridgehead atoms. The first kappa shape index (κ1) is 16.5. The fourth-order valence-electron chi connectivity index (χ4n) is 2.52. The number of carbonyl (C=O) groups is 2. The van der Waals surface area contributed by atoms with Gasteiger partial charge in [0.2, 0.25) is 0 Å². The van der Waals surface area contributed by atoms with Crippen molar-refractivity contribution in [3.05, 3.63) is 17.0 Å². The Labute approximate surface area is 129 Å². The highest BCUT2D eigenvalue weighted by atomic mass is 16.5. The van der Waals surface area contributed by atoms with Crippen molar-refractivity contribution in [2.75, 3.05) is 33.4 Å². The van der Waals surface area contributed by atoms with Crippen LogP contribution in [0.5, 0.6) is 0 Å². The molecule has 7 heteroatoms. The molecule has 0 aromatic carbocycles. The van der Waals surface area contributed by atoms with E-state index in [2.05, 4.69) is 5.16 Å². The lowest BCUT2D eigenvalue weighted by atomic mass is 9.96. The third-order valence-electron chi connectivity index (χ3n) is 3.63. The van der Waals surface area contributed by atoms with Gasteiger partial charge in [0.05, 0.1) is 13.2 Å². The number of ether oxygens (including phenoxy) is 2. The van der Waals surface area contributed by atoms with Crippen LogP contribution in [0.3, 0.4) is 0 Å². The maximum atomic E-state index is 12.7. The lowest BCUT2D eigenvalue weighted by Crippen LogP contribution is -2.39. The van der Waals surface area contributed by atoms with E-state index in [1.807, 2.05) is 0 Å². The zero-order chi connectivity index (χ0) is 15.9. The van der Waals surface area contributed by atoms with Crippen molar-refractivity contribution in [2.45, 2.75) is 32.6 Å². The topological polar surface area (TPSA) is 81.9 Å². The molecule has 1 aromatic rings. The van der Waals surface area contributed by atoms with Crippen LogP contribution in [0, 0.1) is 0 Å². The van der Waals surface area contributed by atoms with E-state index in [9.17, 15) is 9.59 Å². The molecule has 1 heterocycles. The number of carbonyl (C=O) groups excluding carboxylic acids is 2. The maximum Gasteiger partial charge on any atom is 0.325 e. The van der Waals surface area contributed by atoms with Crippen LogP contribution < -0.4 is 0 Å². The summed E-state index contributed by atoms with van der Waals surface area (Å²) in [5, 5.41) is 3.92. The third-order valence-corrected chi connectivity index (χ3v) is 3.63. The number of amides is 1. The standard InChI is InChI=1S/C15H22N2O5/c1-3-21-13(18)10-17(8-9-20-2)15(19)14-11-6-4-5-7-12(11)22-16-14/h3-10H2,1-2H3. The number of hydrogen-bond donors (Lipinski definition) is 0. The van der Waals surface area contributed by atoms with Gasteiger partial charge >= 0.3 is 5.97 Å².